The molecule has 19 heavy (non-hydrogen) atoms. The van der Waals surface area contributed by atoms with Crippen LogP contribution in [0.3, 0.4) is 0 Å². The van der Waals surface area contributed by atoms with Gasteiger partial charge in [-0.3, -0.25) is 4.72 Å². The molecule has 0 atom stereocenters. The first-order chi connectivity index (χ1) is 9.02. The number of anilines is 2. The second kappa shape index (κ2) is 5.77. The normalized spacial score (nSPS) is 16.4. The summed E-state index contributed by atoms with van der Waals surface area (Å²) in [6, 6.07) is 4.26. The fourth-order valence-electron chi connectivity index (χ4n) is 2.24. The van der Waals surface area contributed by atoms with Crippen molar-refractivity contribution in [3.05, 3.63) is 24.0 Å². The Kier molecular flexibility index (Phi) is 4.29. The van der Waals surface area contributed by atoms with Crippen LogP contribution in [0.25, 0.3) is 0 Å². The van der Waals surface area contributed by atoms with Crippen molar-refractivity contribution >= 4 is 21.4 Å². The van der Waals surface area contributed by atoms with Gasteiger partial charge in [0.25, 0.3) is 0 Å². The smallest absolute Gasteiger partial charge is 0.232 e. The van der Waals surface area contributed by atoms with Crippen LogP contribution in [0.2, 0.25) is 0 Å². The van der Waals surface area contributed by atoms with Crippen molar-refractivity contribution in [1.82, 2.24) is 0 Å². The van der Waals surface area contributed by atoms with E-state index in [1.807, 2.05) is 0 Å². The van der Waals surface area contributed by atoms with E-state index in [9.17, 15) is 12.8 Å². The van der Waals surface area contributed by atoms with E-state index in [1.165, 1.54) is 18.6 Å². The van der Waals surface area contributed by atoms with Gasteiger partial charge in [-0.2, -0.15) is 0 Å². The second-order valence-electron chi connectivity index (χ2n) is 4.71. The summed E-state index contributed by atoms with van der Waals surface area (Å²) in [7, 11) is -3.39. The predicted molar refractivity (Wildman–Crippen MR) is 75.5 cm³/mol. The highest BCUT2D eigenvalue weighted by atomic mass is 32.2. The molecule has 6 heteroatoms. The van der Waals surface area contributed by atoms with Crippen molar-refractivity contribution in [3.8, 4) is 0 Å². The molecule has 106 valence electrons. The molecule has 1 aliphatic rings. The summed E-state index contributed by atoms with van der Waals surface area (Å²) >= 11 is 0. The SMILES string of the molecule is CCS(=O)(=O)Nc1cc(F)ccc1N1CCCCC1. The highest BCUT2D eigenvalue weighted by molar-refractivity contribution is 7.92. The van der Waals surface area contributed by atoms with E-state index in [1.54, 1.807) is 13.0 Å². The Morgan fingerprint density at radius 2 is 1.95 bits per heavy atom. The first kappa shape index (κ1) is 14.1. The molecule has 2 rings (SSSR count). The third-order valence-electron chi connectivity index (χ3n) is 3.30. The predicted octanol–water partition coefficient (Wildman–Crippen LogP) is 2.58. The van der Waals surface area contributed by atoms with Gasteiger partial charge in [0.05, 0.1) is 17.1 Å². The van der Waals surface area contributed by atoms with Gasteiger partial charge in [0, 0.05) is 19.2 Å². The molecule has 1 heterocycles. The quantitative estimate of drug-likeness (QED) is 0.925. The fraction of sp³-hybridized carbons (Fsp3) is 0.538. The molecular weight excluding hydrogens is 267 g/mol. The van der Waals surface area contributed by atoms with E-state index in [0.29, 0.717) is 5.69 Å². The average Bonchev–Trinajstić information content (AvgIpc) is 2.39. The number of rotatable bonds is 4. The zero-order chi connectivity index (χ0) is 13.9. The summed E-state index contributed by atoms with van der Waals surface area (Å²) < 4.78 is 39.1. The van der Waals surface area contributed by atoms with Gasteiger partial charge in [-0.1, -0.05) is 0 Å². The molecule has 0 unspecified atom stereocenters. The zero-order valence-corrected chi connectivity index (χ0v) is 11.8. The van der Waals surface area contributed by atoms with E-state index in [2.05, 4.69) is 9.62 Å². The Bertz CT molecular complexity index is 540. The molecule has 0 bridgehead atoms. The van der Waals surface area contributed by atoms with Crippen molar-refractivity contribution in [2.24, 2.45) is 0 Å². The minimum absolute atomic E-state index is 0.0248. The van der Waals surface area contributed by atoms with Crippen LogP contribution >= 0.6 is 0 Å². The van der Waals surface area contributed by atoms with Gasteiger partial charge >= 0.3 is 0 Å². The lowest BCUT2D eigenvalue weighted by Gasteiger charge is -2.30. The summed E-state index contributed by atoms with van der Waals surface area (Å²) in [5.74, 6) is -0.460. The first-order valence-corrected chi connectivity index (χ1v) is 8.22. The van der Waals surface area contributed by atoms with Gasteiger partial charge in [0.2, 0.25) is 10.0 Å². The summed E-state index contributed by atoms with van der Waals surface area (Å²) in [5, 5.41) is 0. The number of sulfonamides is 1. The largest absolute Gasteiger partial charge is 0.370 e. The van der Waals surface area contributed by atoms with Crippen molar-refractivity contribution in [2.75, 3.05) is 28.5 Å². The van der Waals surface area contributed by atoms with Crippen LogP contribution in [0.5, 0.6) is 0 Å². The van der Waals surface area contributed by atoms with Gasteiger partial charge < -0.3 is 4.90 Å². The molecule has 1 saturated heterocycles. The van der Waals surface area contributed by atoms with Crippen molar-refractivity contribution in [2.45, 2.75) is 26.2 Å². The maximum absolute atomic E-state index is 13.3. The molecule has 0 aromatic heterocycles. The number of nitrogens with zero attached hydrogens (tertiary/aromatic N) is 1. The standard InChI is InChI=1S/C13H19FN2O2S/c1-2-19(17,18)15-12-10-11(14)6-7-13(12)16-8-4-3-5-9-16/h6-7,10,15H,2-5,8-9H2,1H3. The molecule has 4 nitrogen and oxygen atoms in total. The summed E-state index contributed by atoms with van der Waals surface area (Å²) in [4.78, 5) is 2.11. The van der Waals surface area contributed by atoms with E-state index < -0.39 is 15.8 Å². The lowest BCUT2D eigenvalue weighted by molar-refractivity contribution is 0.577. The molecule has 0 aliphatic carbocycles. The highest BCUT2D eigenvalue weighted by Gasteiger charge is 2.17. The van der Waals surface area contributed by atoms with Gasteiger partial charge in [-0.15, -0.1) is 0 Å². The van der Waals surface area contributed by atoms with Gasteiger partial charge in [-0.25, -0.2) is 12.8 Å². The molecule has 1 aliphatic heterocycles. The van der Waals surface area contributed by atoms with Crippen molar-refractivity contribution < 1.29 is 12.8 Å². The molecule has 1 aromatic carbocycles. The van der Waals surface area contributed by atoms with Gasteiger partial charge in [-0.05, 0) is 38.3 Å². The van der Waals surface area contributed by atoms with E-state index in [4.69, 9.17) is 0 Å². The minimum Gasteiger partial charge on any atom is -0.370 e. The minimum atomic E-state index is -3.39. The maximum Gasteiger partial charge on any atom is 0.232 e. The monoisotopic (exact) mass is 286 g/mol. The van der Waals surface area contributed by atoms with Crippen LogP contribution in [0.4, 0.5) is 15.8 Å². The lowest BCUT2D eigenvalue weighted by Crippen LogP contribution is -2.30. The van der Waals surface area contributed by atoms with Gasteiger partial charge in [0.1, 0.15) is 5.82 Å². The molecule has 0 spiro atoms. The first-order valence-electron chi connectivity index (χ1n) is 6.57. The molecule has 1 fully saturated rings. The summed E-state index contributed by atoms with van der Waals surface area (Å²) in [5.41, 5.74) is 1.10. The molecule has 1 N–H and O–H groups in total. The topological polar surface area (TPSA) is 49.4 Å². The third kappa shape index (κ3) is 3.59. The van der Waals surface area contributed by atoms with Crippen LogP contribution in [0.15, 0.2) is 18.2 Å². The van der Waals surface area contributed by atoms with Crippen LogP contribution in [-0.2, 0) is 10.0 Å². The summed E-state index contributed by atoms with van der Waals surface area (Å²) in [6.45, 7) is 3.32. The maximum atomic E-state index is 13.3. The Labute approximate surface area is 113 Å². The van der Waals surface area contributed by atoms with Crippen LogP contribution in [-0.4, -0.2) is 27.3 Å². The average molecular weight is 286 g/mol. The molecule has 0 amide bonds. The lowest BCUT2D eigenvalue weighted by atomic mass is 10.1. The van der Waals surface area contributed by atoms with E-state index in [-0.39, 0.29) is 5.75 Å². The van der Waals surface area contributed by atoms with Crippen LogP contribution in [0.1, 0.15) is 26.2 Å². The van der Waals surface area contributed by atoms with E-state index >= 15 is 0 Å². The Hall–Kier alpha value is -1.30. The third-order valence-corrected chi connectivity index (χ3v) is 4.59. The molecular formula is C13H19FN2O2S. The highest BCUT2D eigenvalue weighted by Crippen LogP contribution is 2.30. The number of hydrogen-bond acceptors (Lipinski definition) is 3. The van der Waals surface area contributed by atoms with Crippen LogP contribution < -0.4 is 9.62 Å². The Balaban J connectivity index is 2.32. The zero-order valence-electron chi connectivity index (χ0n) is 11.0. The number of nitrogens with one attached hydrogen (secondary N) is 1. The van der Waals surface area contributed by atoms with Gasteiger partial charge in [0.15, 0.2) is 0 Å². The molecule has 0 radical (unpaired) electrons. The molecule has 0 saturated carbocycles. The second-order valence-corrected chi connectivity index (χ2v) is 6.73. The van der Waals surface area contributed by atoms with E-state index in [0.717, 1.165) is 31.6 Å². The number of benzene rings is 1. The fourth-order valence-corrected chi connectivity index (χ4v) is 2.88. The summed E-state index contributed by atoms with van der Waals surface area (Å²) in [6.07, 6.45) is 3.35. The van der Waals surface area contributed by atoms with Crippen LogP contribution in [0, 0.1) is 5.82 Å². The van der Waals surface area contributed by atoms with Crippen molar-refractivity contribution in [3.63, 3.8) is 0 Å². The number of piperidine rings is 1. The van der Waals surface area contributed by atoms with Crippen molar-refractivity contribution in [1.29, 1.82) is 0 Å². The molecule has 1 aromatic rings. The number of halogens is 1. The Morgan fingerprint density at radius 1 is 1.26 bits per heavy atom. The Morgan fingerprint density at radius 3 is 2.58 bits per heavy atom. The number of hydrogen-bond donors (Lipinski definition) is 1.